The smallest absolute Gasteiger partial charge is 0.164 e. The molecule has 0 unspecified atom stereocenters. The largest absolute Gasteiger partial charge is 0.455 e. The minimum atomic E-state index is 0.579. The van der Waals surface area contributed by atoms with Crippen LogP contribution in [0.4, 0.5) is 0 Å². The van der Waals surface area contributed by atoms with Gasteiger partial charge in [0.15, 0.2) is 17.5 Å². The number of benzene rings is 9. The third-order valence-corrected chi connectivity index (χ3v) is 10.9. The van der Waals surface area contributed by atoms with Crippen LogP contribution in [0.15, 0.2) is 205 Å². The number of nitrogens with zero attached hydrogens (tertiary/aromatic N) is 3. The topological polar surface area (TPSA) is 51.8 Å². The van der Waals surface area contributed by atoms with Crippen molar-refractivity contribution in [3.8, 4) is 67.5 Å². The molecule has 0 atom stereocenters. The predicted octanol–water partition coefficient (Wildman–Crippen LogP) is 14.1. The van der Waals surface area contributed by atoms with E-state index in [-0.39, 0.29) is 0 Å². The molecular formula is C53H33N3O. The third kappa shape index (κ3) is 5.83. The number of fused-ring (bicyclic) bond motifs is 6. The van der Waals surface area contributed by atoms with E-state index in [1.807, 2.05) is 18.2 Å². The lowest BCUT2D eigenvalue weighted by Crippen LogP contribution is -2.01. The second-order valence-corrected chi connectivity index (χ2v) is 14.4. The summed E-state index contributed by atoms with van der Waals surface area (Å²) in [7, 11) is 0. The maximum Gasteiger partial charge on any atom is 0.164 e. The van der Waals surface area contributed by atoms with Gasteiger partial charge < -0.3 is 4.42 Å². The molecule has 2 heterocycles. The Morgan fingerprint density at radius 1 is 0.281 bits per heavy atom. The lowest BCUT2D eigenvalue weighted by Gasteiger charge is -2.13. The Hall–Kier alpha value is -7.69. The van der Waals surface area contributed by atoms with Gasteiger partial charge >= 0.3 is 0 Å². The average molecular weight is 728 g/mol. The summed E-state index contributed by atoms with van der Waals surface area (Å²) in [5.41, 5.74) is 10.9. The quantitative estimate of drug-likeness (QED) is 0.171. The van der Waals surface area contributed by atoms with Gasteiger partial charge in [0, 0.05) is 38.4 Å². The molecule has 0 saturated heterocycles. The van der Waals surface area contributed by atoms with Crippen LogP contribution in [0.2, 0.25) is 0 Å². The van der Waals surface area contributed by atoms with E-state index in [4.69, 9.17) is 19.4 Å². The Labute approximate surface area is 329 Å². The molecule has 0 saturated carbocycles. The van der Waals surface area contributed by atoms with Crippen molar-refractivity contribution in [2.45, 2.75) is 0 Å². The van der Waals surface area contributed by atoms with Crippen LogP contribution >= 0.6 is 0 Å². The molecule has 0 radical (unpaired) electrons. The zero-order valence-electron chi connectivity index (χ0n) is 30.8. The van der Waals surface area contributed by atoms with Gasteiger partial charge in [0.05, 0.1) is 0 Å². The van der Waals surface area contributed by atoms with E-state index in [0.717, 1.165) is 93.6 Å². The molecule has 0 fully saturated rings. The average Bonchev–Trinajstić information content (AvgIpc) is 3.70. The molecule has 0 aliphatic heterocycles. The Morgan fingerprint density at radius 3 is 1.51 bits per heavy atom. The van der Waals surface area contributed by atoms with Crippen LogP contribution in [0.3, 0.4) is 0 Å². The Bertz CT molecular complexity index is 3220. The first-order valence-corrected chi connectivity index (χ1v) is 19.2. The van der Waals surface area contributed by atoms with Gasteiger partial charge in [-0.15, -0.1) is 0 Å². The van der Waals surface area contributed by atoms with Crippen molar-refractivity contribution in [1.82, 2.24) is 15.0 Å². The molecule has 0 N–H and O–H groups in total. The van der Waals surface area contributed by atoms with E-state index in [1.165, 1.54) is 0 Å². The molecule has 57 heavy (non-hydrogen) atoms. The number of hydrogen-bond acceptors (Lipinski definition) is 4. The minimum Gasteiger partial charge on any atom is -0.455 e. The fourth-order valence-electron chi connectivity index (χ4n) is 8.07. The highest BCUT2D eigenvalue weighted by molar-refractivity contribution is 6.21. The molecule has 0 amide bonds. The standard InChI is InChI=1S/C53H33N3O/c1-4-14-34(15-5-1)41-31-42(35-16-6-2-7-17-35)33-43(32-41)52-54-51(40-25-24-36-18-10-11-22-39(36)30-40)55-53(56-52)47-29-28-45(37-19-8-3-9-20-37)50-48(47)46-27-26-38-21-12-13-23-44(38)49(46)57-50/h1-33H. The van der Waals surface area contributed by atoms with Gasteiger partial charge in [-0.25, -0.2) is 15.0 Å². The van der Waals surface area contributed by atoms with Crippen LogP contribution in [0.25, 0.3) is 111 Å². The summed E-state index contributed by atoms with van der Waals surface area (Å²) in [6.07, 6.45) is 0. The first-order valence-electron chi connectivity index (χ1n) is 19.2. The van der Waals surface area contributed by atoms with Crippen LogP contribution in [-0.4, -0.2) is 15.0 Å². The molecule has 0 aliphatic rings. The number of furan rings is 1. The fourth-order valence-corrected chi connectivity index (χ4v) is 8.07. The van der Waals surface area contributed by atoms with Crippen molar-refractivity contribution >= 4 is 43.5 Å². The van der Waals surface area contributed by atoms with Crippen molar-refractivity contribution in [2.24, 2.45) is 0 Å². The maximum atomic E-state index is 6.95. The van der Waals surface area contributed by atoms with Gasteiger partial charge in [-0.05, 0) is 86.4 Å². The SMILES string of the molecule is c1ccc(-c2cc(-c3ccccc3)cc(-c3nc(-c4ccc5ccccc5c4)nc(-c4ccc(-c5ccccc5)c5oc6c7ccccc7ccc6c45)n3)c2)cc1. The Morgan fingerprint density at radius 2 is 0.807 bits per heavy atom. The monoisotopic (exact) mass is 727 g/mol. The summed E-state index contributed by atoms with van der Waals surface area (Å²) < 4.78 is 6.95. The van der Waals surface area contributed by atoms with Gasteiger partial charge in [-0.2, -0.15) is 0 Å². The summed E-state index contributed by atoms with van der Waals surface area (Å²) in [6, 6.07) is 69.8. The summed E-state index contributed by atoms with van der Waals surface area (Å²) in [4.78, 5) is 15.9. The second-order valence-electron chi connectivity index (χ2n) is 14.4. The van der Waals surface area contributed by atoms with Crippen LogP contribution in [-0.2, 0) is 0 Å². The van der Waals surface area contributed by atoms with Crippen LogP contribution < -0.4 is 0 Å². The van der Waals surface area contributed by atoms with Crippen LogP contribution in [0.5, 0.6) is 0 Å². The zero-order chi connectivity index (χ0) is 37.7. The van der Waals surface area contributed by atoms with Gasteiger partial charge in [-0.1, -0.05) is 158 Å². The highest BCUT2D eigenvalue weighted by Crippen LogP contribution is 2.44. The summed E-state index contributed by atoms with van der Waals surface area (Å²) in [5.74, 6) is 1.78. The van der Waals surface area contributed by atoms with Crippen molar-refractivity contribution in [3.63, 3.8) is 0 Å². The van der Waals surface area contributed by atoms with E-state index in [0.29, 0.717) is 17.5 Å². The van der Waals surface area contributed by atoms with Crippen LogP contribution in [0, 0.1) is 0 Å². The number of rotatable bonds is 6. The molecular weight excluding hydrogens is 695 g/mol. The highest BCUT2D eigenvalue weighted by Gasteiger charge is 2.22. The van der Waals surface area contributed by atoms with Crippen molar-refractivity contribution < 1.29 is 4.42 Å². The second kappa shape index (κ2) is 13.6. The third-order valence-electron chi connectivity index (χ3n) is 10.9. The summed E-state index contributed by atoms with van der Waals surface area (Å²) in [5, 5.41) is 6.47. The maximum absolute atomic E-state index is 6.95. The van der Waals surface area contributed by atoms with Crippen LogP contribution in [0.1, 0.15) is 0 Å². The van der Waals surface area contributed by atoms with Gasteiger partial charge in [0.25, 0.3) is 0 Å². The van der Waals surface area contributed by atoms with Gasteiger partial charge in [0.2, 0.25) is 0 Å². The Balaban J connectivity index is 1.21. The van der Waals surface area contributed by atoms with Gasteiger partial charge in [0.1, 0.15) is 11.2 Å². The first-order chi connectivity index (χ1) is 28.2. The van der Waals surface area contributed by atoms with E-state index >= 15 is 0 Å². The Kier molecular flexibility index (Phi) is 7.78. The van der Waals surface area contributed by atoms with Gasteiger partial charge in [-0.3, -0.25) is 0 Å². The van der Waals surface area contributed by atoms with E-state index < -0.39 is 0 Å². The van der Waals surface area contributed by atoms with E-state index in [1.54, 1.807) is 0 Å². The van der Waals surface area contributed by atoms with Crippen molar-refractivity contribution in [3.05, 3.63) is 200 Å². The molecule has 2 aromatic heterocycles. The van der Waals surface area contributed by atoms with Crippen molar-refractivity contribution in [2.75, 3.05) is 0 Å². The summed E-state index contributed by atoms with van der Waals surface area (Å²) in [6.45, 7) is 0. The molecule has 0 spiro atoms. The summed E-state index contributed by atoms with van der Waals surface area (Å²) >= 11 is 0. The first kappa shape index (κ1) is 32.7. The number of hydrogen-bond donors (Lipinski definition) is 0. The predicted molar refractivity (Wildman–Crippen MR) is 235 cm³/mol. The lowest BCUT2D eigenvalue weighted by molar-refractivity contribution is 0.674. The zero-order valence-corrected chi connectivity index (χ0v) is 30.8. The molecule has 11 aromatic rings. The van der Waals surface area contributed by atoms with E-state index in [2.05, 4.69) is 182 Å². The number of aromatic nitrogens is 3. The molecule has 4 nitrogen and oxygen atoms in total. The molecule has 0 aliphatic carbocycles. The van der Waals surface area contributed by atoms with Crippen molar-refractivity contribution in [1.29, 1.82) is 0 Å². The fraction of sp³-hybridized carbons (Fsp3) is 0. The highest BCUT2D eigenvalue weighted by atomic mass is 16.3. The minimum absolute atomic E-state index is 0.579. The molecule has 0 bridgehead atoms. The normalized spacial score (nSPS) is 11.5. The lowest BCUT2D eigenvalue weighted by atomic mass is 9.95. The molecule has 9 aromatic carbocycles. The molecule has 266 valence electrons. The molecule has 4 heteroatoms. The molecule has 11 rings (SSSR count). The van der Waals surface area contributed by atoms with E-state index in [9.17, 15) is 0 Å².